The molecule has 0 fully saturated rings. The number of halogens is 1. The van der Waals surface area contributed by atoms with Gasteiger partial charge in [-0.2, -0.15) is 5.10 Å². The minimum atomic E-state index is -0.399. The average Bonchev–Trinajstić information content (AvgIpc) is 3.02. The first kappa shape index (κ1) is 15.2. The number of hydrogen-bond donors (Lipinski definition) is 2. The third-order valence-electron chi connectivity index (χ3n) is 3.31. The molecule has 0 spiro atoms. The van der Waals surface area contributed by atoms with E-state index in [1.54, 1.807) is 37.3 Å². The van der Waals surface area contributed by atoms with Gasteiger partial charge in [0.2, 0.25) is 6.79 Å². The van der Waals surface area contributed by atoms with Crippen LogP contribution in [0.15, 0.2) is 41.5 Å². The largest absolute Gasteiger partial charge is 0.507 e. The molecule has 1 heterocycles. The van der Waals surface area contributed by atoms with Gasteiger partial charge in [0.05, 0.1) is 5.71 Å². The van der Waals surface area contributed by atoms with E-state index in [9.17, 15) is 9.90 Å². The Hall–Kier alpha value is -2.73. The molecule has 0 unspecified atom stereocenters. The zero-order valence-corrected chi connectivity index (χ0v) is 12.9. The fourth-order valence-electron chi connectivity index (χ4n) is 2.10. The number of phenolic OH excluding ortho intramolecular Hbond substituents is 1. The summed E-state index contributed by atoms with van der Waals surface area (Å²) in [4.78, 5) is 12.1. The predicted molar refractivity (Wildman–Crippen MR) is 85.4 cm³/mol. The molecule has 0 saturated carbocycles. The van der Waals surface area contributed by atoms with Gasteiger partial charge < -0.3 is 14.6 Å². The van der Waals surface area contributed by atoms with Crippen molar-refractivity contribution in [3.05, 3.63) is 52.5 Å². The second-order valence-electron chi connectivity index (χ2n) is 4.87. The van der Waals surface area contributed by atoms with Crippen molar-refractivity contribution in [3.63, 3.8) is 0 Å². The minimum Gasteiger partial charge on any atom is -0.507 e. The number of fused-ring (bicyclic) bond motifs is 1. The normalized spacial score (nSPS) is 13.0. The van der Waals surface area contributed by atoms with Gasteiger partial charge in [0.15, 0.2) is 11.5 Å². The third-order valence-corrected chi connectivity index (χ3v) is 3.54. The van der Waals surface area contributed by atoms with Crippen molar-refractivity contribution in [2.24, 2.45) is 5.10 Å². The Balaban J connectivity index is 1.76. The number of aromatic hydroxyl groups is 1. The highest BCUT2D eigenvalue weighted by Crippen LogP contribution is 2.32. The third kappa shape index (κ3) is 3.22. The van der Waals surface area contributed by atoms with Gasteiger partial charge in [0.1, 0.15) is 5.75 Å². The molecular formula is C16H13ClN2O4. The predicted octanol–water partition coefficient (Wildman–Crippen LogP) is 2.93. The molecule has 6 nitrogen and oxygen atoms in total. The number of benzene rings is 2. The van der Waals surface area contributed by atoms with E-state index < -0.39 is 5.91 Å². The molecule has 0 bridgehead atoms. The number of nitrogens with one attached hydrogen (secondary N) is 1. The van der Waals surface area contributed by atoms with E-state index >= 15 is 0 Å². The van der Waals surface area contributed by atoms with E-state index in [0.29, 0.717) is 33.4 Å². The molecular weight excluding hydrogens is 320 g/mol. The minimum absolute atomic E-state index is 0.0352. The van der Waals surface area contributed by atoms with Gasteiger partial charge in [0.25, 0.3) is 5.91 Å². The van der Waals surface area contributed by atoms with Crippen LogP contribution in [0.5, 0.6) is 17.2 Å². The van der Waals surface area contributed by atoms with Gasteiger partial charge in [-0.05, 0) is 43.3 Å². The maximum atomic E-state index is 12.1. The lowest BCUT2D eigenvalue weighted by molar-refractivity contribution is 0.0954. The standard InChI is InChI=1S/C16H13ClN2O4/c1-9(12-7-11(17)3-4-13(12)20)18-19-16(21)10-2-5-14-15(6-10)23-8-22-14/h2-7,20H,8H2,1H3,(H,19,21)/b18-9+. The first-order chi connectivity index (χ1) is 11.0. The quantitative estimate of drug-likeness (QED) is 0.669. The molecule has 23 heavy (non-hydrogen) atoms. The summed E-state index contributed by atoms with van der Waals surface area (Å²) in [6.07, 6.45) is 0. The lowest BCUT2D eigenvalue weighted by Crippen LogP contribution is -2.19. The van der Waals surface area contributed by atoms with Crippen LogP contribution in [0.1, 0.15) is 22.8 Å². The van der Waals surface area contributed by atoms with E-state index in [1.807, 2.05) is 0 Å². The highest BCUT2D eigenvalue weighted by atomic mass is 35.5. The van der Waals surface area contributed by atoms with Crippen molar-refractivity contribution in [2.45, 2.75) is 6.92 Å². The highest BCUT2D eigenvalue weighted by Gasteiger charge is 2.16. The summed E-state index contributed by atoms with van der Waals surface area (Å²) < 4.78 is 10.4. The fraction of sp³-hybridized carbons (Fsp3) is 0.125. The highest BCUT2D eigenvalue weighted by molar-refractivity contribution is 6.31. The van der Waals surface area contributed by atoms with Crippen LogP contribution < -0.4 is 14.9 Å². The summed E-state index contributed by atoms with van der Waals surface area (Å²) in [5.41, 5.74) is 3.70. The summed E-state index contributed by atoms with van der Waals surface area (Å²) in [7, 11) is 0. The molecule has 2 aromatic rings. The number of carbonyl (C=O) groups is 1. The van der Waals surface area contributed by atoms with E-state index in [4.69, 9.17) is 21.1 Å². The van der Waals surface area contributed by atoms with Crippen LogP contribution in [-0.4, -0.2) is 23.5 Å². The Morgan fingerprint density at radius 2 is 2.00 bits per heavy atom. The molecule has 0 aromatic heterocycles. The van der Waals surface area contributed by atoms with Crippen LogP contribution in [0.25, 0.3) is 0 Å². The molecule has 0 aliphatic carbocycles. The summed E-state index contributed by atoms with van der Waals surface area (Å²) in [5, 5.41) is 14.3. The van der Waals surface area contributed by atoms with Crippen molar-refractivity contribution in [1.29, 1.82) is 0 Å². The summed E-state index contributed by atoms with van der Waals surface area (Å²) >= 11 is 5.89. The first-order valence-corrected chi connectivity index (χ1v) is 7.15. The first-order valence-electron chi connectivity index (χ1n) is 6.78. The van der Waals surface area contributed by atoms with Crippen LogP contribution in [0.4, 0.5) is 0 Å². The molecule has 2 aromatic carbocycles. The molecule has 1 aliphatic heterocycles. The topological polar surface area (TPSA) is 80.2 Å². The second kappa shape index (κ2) is 6.18. The van der Waals surface area contributed by atoms with Crippen LogP contribution in [-0.2, 0) is 0 Å². The number of carbonyl (C=O) groups excluding carboxylic acids is 1. The number of hydrazone groups is 1. The molecule has 1 aliphatic rings. The van der Waals surface area contributed by atoms with Crippen molar-refractivity contribution in [1.82, 2.24) is 5.43 Å². The lowest BCUT2D eigenvalue weighted by Gasteiger charge is -2.06. The van der Waals surface area contributed by atoms with Gasteiger partial charge in [-0.3, -0.25) is 4.79 Å². The van der Waals surface area contributed by atoms with Crippen molar-refractivity contribution >= 4 is 23.2 Å². The molecule has 2 N–H and O–H groups in total. The molecule has 0 saturated heterocycles. The van der Waals surface area contributed by atoms with Gasteiger partial charge in [-0.1, -0.05) is 11.6 Å². The Kier molecular flexibility index (Phi) is 4.08. The van der Waals surface area contributed by atoms with Crippen LogP contribution >= 0.6 is 11.6 Å². The van der Waals surface area contributed by atoms with Gasteiger partial charge in [-0.25, -0.2) is 5.43 Å². The van der Waals surface area contributed by atoms with E-state index in [-0.39, 0.29) is 12.5 Å². The Bertz CT molecular complexity index is 805. The maximum Gasteiger partial charge on any atom is 0.271 e. The summed E-state index contributed by atoms with van der Waals surface area (Å²) in [5.74, 6) is 0.757. The van der Waals surface area contributed by atoms with E-state index in [2.05, 4.69) is 10.5 Å². The maximum absolute atomic E-state index is 12.1. The Labute approximate surface area is 137 Å². The van der Waals surface area contributed by atoms with E-state index in [1.165, 1.54) is 6.07 Å². The smallest absolute Gasteiger partial charge is 0.271 e. The second-order valence-corrected chi connectivity index (χ2v) is 5.30. The van der Waals surface area contributed by atoms with Crippen LogP contribution in [0.3, 0.4) is 0 Å². The average molecular weight is 333 g/mol. The van der Waals surface area contributed by atoms with E-state index in [0.717, 1.165) is 0 Å². The SMILES string of the molecule is C/C(=N\NC(=O)c1ccc2c(c1)OCO2)c1cc(Cl)ccc1O. The Morgan fingerprint density at radius 3 is 2.83 bits per heavy atom. The van der Waals surface area contributed by atoms with Crippen LogP contribution in [0, 0.1) is 0 Å². The number of nitrogens with zero attached hydrogens (tertiary/aromatic N) is 1. The monoisotopic (exact) mass is 332 g/mol. The van der Waals surface area contributed by atoms with Crippen molar-refractivity contribution in [2.75, 3.05) is 6.79 Å². The zero-order valence-electron chi connectivity index (χ0n) is 12.2. The van der Waals surface area contributed by atoms with Crippen molar-refractivity contribution < 1.29 is 19.4 Å². The molecule has 0 radical (unpaired) electrons. The van der Waals surface area contributed by atoms with Crippen molar-refractivity contribution in [3.8, 4) is 17.2 Å². The van der Waals surface area contributed by atoms with Crippen LogP contribution in [0.2, 0.25) is 5.02 Å². The summed E-state index contributed by atoms with van der Waals surface area (Å²) in [6, 6.07) is 9.47. The van der Waals surface area contributed by atoms with Gasteiger partial charge in [0, 0.05) is 16.1 Å². The molecule has 118 valence electrons. The number of rotatable bonds is 3. The Morgan fingerprint density at radius 1 is 1.22 bits per heavy atom. The van der Waals surface area contributed by atoms with Gasteiger partial charge in [-0.15, -0.1) is 0 Å². The molecule has 3 rings (SSSR count). The molecule has 0 atom stereocenters. The molecule has 7 heteroatoms. The summed E-state index contributed by atoms with van der Waals surface area (Å²) in [6.45, 7) is 1.80. The zero-order chi connectivity index (χ0) is 16.4. The number of hydrogen-bond acceptors (Lipinski definition) is 5. The number of ether oxygens (including phenoxy) is 2. The fourth-order valence-corrected chi connectivity index (χ4v) is 2.27. The molecule has 1 amide bonds. The lowest BCUT2D eigenvalue weighted by atomic mass is 10.1. The number of amides is 1. The number of phenols is 1. The van der Waals surface area contributed by atoms with Gasteiger partial charge >= 0.3 is 0 Å².